The lowest BCUT2D eigenvalue weighted by Gasteiger charge is -1.80. The summed E-state index contributed by atoms with van der Waals surface area (Å²) in [6.07, 6.45) is 0. The molecule has 0 radical (unpaired) electrons. The smallest absolute Gasteiger partial charge is 0.263 e. The second-order valence-electron chi connectivity index (χ2n) is 0.346. The number of hydrogen-bond acceptors (Lipinski definition) is 3. The van der Waals surface area contributed by atoms with Crippen LogP contribution in [0.25, 0.3) is 0 Å². The number of aliphatic hydroxyl groups excluding tert-OH is 1. The Bertz CT molecular complexity index is 11.6. The number of aliphatic hydroxyl groups is 3. The van der Waals surface area contributed by atoms with Crippen molar-refractivity contribution in [1.29, 1.82) is 0 Å². The molecule has 0 heterocycles. The molecule has 0 atom stereocenters. The first-order chi connectivity index (χ1) is 1.73. The van der Waals surface area contributed by atoms with Crippen molar-refractivity contribution in [3.8, 4) is 0 Å². The molecule has 3 N–H and O–H groups in total. The summed E-state index contributed by atoms with van der Waals surface area (Å²) in [5.74, 6) is 0. The fourth-order valence-corrected chi connectivity index (χ4v) is 0. The maximum atomic E-state index is 7.17. The van der Waals surface area contributed by atoms with Crippen LogP contribution in [0.3, 0.4) is 0 Å². The summed E-state index contributed by atoms with van der Waals surface area (Å²) >= 11 is 0. The van der Waals surface area contributed by atoms with Gasteiger partial charge in [-0.3, -0.25) is 0 Å². The average molecular weight is 98.1 g/mol. The number of hydrogen-bond donors (Lipinski definition) is 3. The molecule has 0 saturated carbocycles. The van der Waals surface area contributed by atoms with Crippen LogP contribution < -0.4 is 0 Å². The maximum absolute atomic E-state index is 7.17. The van der Waals surface area contributed by atoms with Gasteiger partial charge >= 0.3 is 0 Å². The van der Waals surface area contributed by atoms with Crippen molar-refractivity contribution in [3.05, 3.63) is 0 Å². The summed E-state index contributed by atoms with van der Waals surface area (Å²) in [4.78, 5) is 0. The van der Waals surface area contributed by atoms with E-state index in [4.69, 9.17) is 15.3 Å². The lowest BCUT2D eigenvalue weighted by atomic mass is 11.4. The summed E-state index contributed by atoms with van der Waals surface area (Å²) in [5.41, 5.74) is 0. The molecule has 0 unspecified atom stereocenters. The largest absolute Gasteiger partial charge is 0.346 e. The molecule has 0 aromatic heterocycles. The SMILES string of the molecule is OC(O)O.S. The third-order valence-electron chi connectivity index (χ3n) is 0. The van der Waals surface area contributed by atoms with Crippen LogP contribution in [0.2, 0.25) is 0 Å². The van der Waals surface area contributed by atoms with Gasteiger partial charge in [-0.05, 0) is 0 Å². The van der Waals surface area contributed by atoms with Gasteiger partial charge in [0.25, 0.3) is 6.48 Å². The fraction of sp³-hybridized carbons (Fsp3) is 1.00. The van der Waals surface area contributed by atoms with E-state index in [1.54, 1.807) is 0 Å². The van der Waals surface area contributed by atoms with Gasteiger partial charge in [0.15, 0.2) is 0 Å². The third kappa shape index (κ3) is 398. The summed E-state index contributed by atoms with van der Waals surface area (Å²) in [5, 5.41) is 21.5. The van der Waals surface area contributed by atoms with Gasteiger partial charge in [0.1, 0.15) is 0 Å². The van der Waals surface area contributed by atoms with Gasteiger partial charge in [0.05, 0.1) is 0 Å². The van der Waals surface area contributed by atoms with Crippen molar-refractivity contribution in [3.63, 3.8) is 0 Å². The minimum Gasteiger partial charge on any atom is -0.346 e. The van der Waals surface area contributed by atoms with Crippen LogP contribution in [-0.2, 0) is 0 Å². The zero-order chi connectivity index (χ0) is 3.58. The molecule has 4 heteroatoms. The van der Waals surface area contributed by atoms with Crippen LogP contribution in [-0.4, -0.2) is 21.8 Å². The molecule has 0 amide bonds. The lowest BCUT2D eigenvalue weighted by molar-refractivity contribution is -0.198. The van der Waals surface area contributed by atoms with Gasteiger partial charge in [0.2, 0.25) is 0 Å². The van der Waals surface area contributed by atoms with Crippen LogP contribution in [0, 0.1) is 0 Å². The zero-order valence-corrected chi connectivity index (χ0v) is 3.42. The zero-order valence-electron chi connectivity index (χ0n) is 2.42. The van der Waals surface area contributed by atoms with E-state index < -0.39 is 6.48 Å². The molecule has 0 bridgehead atoms. The molecule has 0 rings (SSSR count). The molecule has 0 aliphatic carbocycles. The summed E-state index contributed by atoms with van der Waals surface area (Å²) in [6.45, 7) is -2.17. The molecular weight excluding hydrogens is 92.1 g/mol. The number of rotatable bonds is 0. The molecule has 0 aliphatic heterocycles. The summed E-state index contributed by atoms with van der Waals surface area (Å²) < 4.78 is 0. The lowest BCUT2D eigenvalue weighted by Crippen LogP contribution is -1.98. The van der Waals surface area contributed by atoms with Gasteiger partial charge < -0.3 is 15.3 Å². The van der Waals surface area contributed by atoms with E-state index in [-0.39, 0.29) is 13.5 Å². The Morgan fingerprint density at radius 1 is 1.00 bits per heavy atom. The highest BCUT2D eigenvalue weighted by Crippen LogP contribution is 1.49. The Morgan fingerprint density at radius 3 is 1.00 bits per heavy atom. The highest BCUT2D eigenvalue weighted by Gasteiger charge is 1.72. The fourth-order valence-electron chi connectivity index (χ4n) is 0. The van der Waals surface area contributed by atoms with Crippen LogP contribution >= 0.6 is 13.5 Å². The average Bonchev–Trinajstić information content (AvgIpc) is 0.811. The van der Waals surface area contributed by atoms with Crippen molar-refractivity contribution in [1.82, 2.24) is 0 Å². The van der Waals surface area contributed by atoms with E-state index in [2.05, 4.69) is 0 Å². The highest BCUT2D eigenvalue weighted by molar-refractivity contribution is 7.59. The van der Waals surface area contributed by atoms with Crippen molar-refractivity contribution in [2.24, 2.45) is 0 Å². The van der Waals surface area contributed by atoms with Gasteiger partial charge in [0, 0.05) is 0 Å². The van der Waals surface area contributed by atoms with E-state index in [0.29, 0.717) is 0 Å². The van der Waals surface area contributed by atoms with Crippen molar-refractivity contribution < 1.29 is 15.3 Å². The minimum atomic E-state index is -2.17. The summed E-state index contributed by atoms with van der Waals surface area (Å²) in [6, 6.07) is 0. The topological polar surface area (TPSA) is 60.7 Å². The Balaban J connectivity index is 0. The van der Waals surface area contributed by atoms with Gasteiger partial charge in [-0.15, -0.1) is 0 Å². The standard InChI is InChI=1S/CH4O3.H2S/c2-1(3)4;/h1-4H;1H2. The van der Waals surface area contributed by atoms with E-state index in [1.807, 2.05) is 0 Å². The minimum absolute atomic E-state index is 0. The first-order valence-electron chi connectivity index (χ1n) is 0.775. The first-order valence-corrected chi connectivity index (χ1v) is 0.775. The van der Waals surface area contributed by atoms with Gasteiger partial charge in [-0.1, -0.05) is 0 Å². The van der Waals surface area contributed by atoms with Crippen LogP contribution in [0.15, 0.2) is 0 Å². The second kappa shape index (κ2) is 4.23. The summed E-state index contributed by atoms with van der Waals surface area (Å²) in [7, 11) is 0. The molecule has 34 valence electrons. The highest BCUT2D eigenvalue weighted by atomic mass is 32.1. The van der Waals surface area contributed by atoms with Crippen LogP contribution in [0.4, 0.5) is 0 Å². The third-order valence-corrected chi connectivity index (χ3v) is 0. The second-order valence-corrected chi connectivity index (χ2v) is 0.346. The van der Waals surface area contributed by atoms with Crippen LogP contribution in [0.1, 0.15) is 0 Å². The van der Waals surface area contributed by atoms with Crippen LogP contribution in [0.5, 0.6) is 0 Å². The van der Waals surface area contributed by atoms with E-state index >= 15 is 0 Å². The molecular formula is CH6O3S. The quantitative estimate of drug-likeness (QED) is 0.318. The molecule has 0 fully saturated rings. The Morgan fingerprint density at radius 2 is 1.00 bits per heavy atom. The van der Waals surface area contributed by atoms with E-state index in [0.717, 1.165) is 0 Å². The predicted molar refractivity (Wildman–Crippen MR) is 20.8 cm³/mol. The molecule has 0 aromatic carbocycles. The Kier molecular flexibility index (Phi) is 7.59. The van der Waals surface area contributed by atoms with Crippen molar-refractivity contribution >= 4 is 13.5 Å². The van der Waals surface area contributed by atoms with Gasteiger partial charge in [-0.2, -0.15) is 13.5 Å². The van der Waals surface area contributed by atoms with Gasteiger partial charge in [-0.25, -0.2) is 0 Å². The molecule has 0 saturated heterocycles. The molecule has 5 heavy (non-hydrogen) atoms. The normalized spacial score (nSPS) is 7.20. The van der Waals surface area contributed by atoms with E-state index in [9.17, 15) is 0 Å². The Labute approximate surface area is 36.3 Å². The molecule has 0 aliphatic rings. The predicted octanol–water partition coefficient (Wildman–Crippen LogP) is -1.64. The monoisotopic (exact) mass is 98.0 g/mol. The Hall–Kier alpha value is 0.230. The molecule has 0 spiro atoms. The molecule has 0 aromatic rings. The van der Waals surface area contributed by atoms with E-state index in [1.165, 1.54) is 0 Å². The molecule has 3 nitrogen and oxygen atoms in total. The van der Waals surface area contributed by atoms with Crippen molar-refractivity contribution in [2.45, 2.75) is 6.48 Å². The van der Waals surface area contributed by atoms with Crippen molar-refractivity contribution in [2.75, 3.05) is 0 Å². The maximum Gasteiger partial charge on any atom is 0.263 e. The first kappa shape index (κ1) is 8.97.